The minimum absolute atomic E-state index is 0.121. The molecule has 0 bridgehead atoms. The smallest absolute Gasteiger partial charge is 0.187 e. The summed E-state index contributed by atoms with van der Waals surface area (Å²) in [6.07, 6.45) is 4.44. The molecule has 3 heteroatoms. The molecule has 0 amide bonds. The van der Waals surface area contributed by atoms with Gasteiger partial charge in [0.25, 0.3) is 0 Å². The molecule has 0 saturated carbocycles. The Bertz CT molecular complexity index is 502. The van der Waals surface area contributed by atoms with E-state index in [1.54, 1.807) is 10.9 Å². The van der Waals surface area contributed by atoms with Gasteiger partial charge in [0.05, 0.1) is 6.20 Å². The lowest BCUT2D eigenvalue weighted by Gasteiger charge is -2.14. The van der Waals surface area contributed by atoms with Crippen LogP contribution < -0.4 is 0 Å². The van der Waals surface area contributed by atoms with Crippen LogP contribution in [0.5, 0.6) is 0 Å². The molecule has 0 aliphatic carbocycles. The summed E-state index contributed by atoms with van der Waals surface area (Å²) in [5.41, 5.74) is 1.82. The standard InChI is InChI=1S/C14H16N2O/c1-3-13(16-10-11(2)9-15-16)14(17)12-7-5-4-6-8-12/h4-10,13H,3H2,1-2H3. The summed E-state index contributed by atoms with van der Waals surface area (Å²) in [5.74, 6) is 0.121. The molecule has 0 spiro atoms. The third-order valence-electron chi connectivity index (χ3n) is 2.80. The highest BCUT2D eigenvalue weighted by atomic mass is 16.1. The van der Waals surface area contributed by atoms with Crippen molar-refractivity contribution in [1.29, 1.82) is 0 Å². The van der Waals surface area contributed by atoms with E-state index in [1.165, 1.54) is 0 Å². The number of nitrogens with zero attached hydrogens (tertiary/aromatic N) is 2. The fourth-order valence-corrected chi connectivity index (χ4v) is 1.89. The number of hydrogen-bond acceptors (Lipinski definition) is 2. The second-order valence-electron chi connectivity index (χ2n) is 4.15. The number of rotatable bonds is 4. The van der Waals surface area contributed by atoms with Gasteiger partial charge in [-0.25, -0.2) is 0 Å². The highest BCUT2D eigenvalue weighted by Gasteiger charge is 2.20. The van der Waals surface area contributed by atoms with Gasteiger partial charge in [-0.1, -0.05) is 37.3 Å². The lowest BCUT2D eigenvalue weighted by molar-refractivity contribution is 0.0914. The molecule has 0 fully saturated rings. The maximum Gasteiger partial charge on any atom is 0.187 e. The number of Topliss-reactive ketones (excluding diaryl/α,β-unsaturated/α-hetero) is 1. The van der Waals surface area contributed by atoms with Gasteiger partial charge in [0.1, 0.15) is 6.04 Å². The van der Waals surface area contributed by atoms with Crippen molar-refractivity contribution < 1.29 is 4.79 Å². The number of benzene rings is 1. The van der Waals surface area contributed by atoms with Crippen LogP contribution in [0.1, 0.15) is 35.3 Å². The molecule has 0 N–H and O–H groups in total. The van der Waals surface area contributed by atoms with Crippen molar-refractivity contribution >= 4 is 5.78 Å². The summed E-state index contributed by atoms with van der Waals surface area (Å²) in [6, 6.07) is 9.17. The Morgan fingerprint density at radius 1 is 1.35 bits per heavy atom. The predicted molar refractivity (Wildman–Crippen MR) is 67.1 cm³/mol. The minimum atomic E-state index is -0.203. The molecule has 0 aliphatic rings. The van der Waals surface area contributed by atoms with Gasteiger partial charge in [0, 0.05) is 11.8 Å². The average Bonchev–Trinajstić information content (AvgIpc) is 2.78. The first-order valence-corrected chi connectivity index (χ1v) is 5.82. The van der Waals surface area contributed by atoms with Crippen LogP contribution in [-0.2, 0) is 0 Å². The predicted octanol–water partition coefficient (Wildman–Crippen LogP) is 3.03. The molecule has 3 nitrogen and oxygen atoms in total. The summed E-state index contributed by atoms with van der Waals surface area (Å²) in [7, 11) is 0. The van der Waals surface area contributed by atoms with E-state index in [9.17, 15) is 4.79 Å². The first kappa shape index (κ1) is 11.6. The molecule has 1 aromatic heterocycles. The number of ketones is 1. The molecule has 0 aliphatic heterocycles. The number of carbonyl (C=O) groups is 1. The van der Waals surface area contributed by atoms with Crippen LogP contribution in [0.3, 0.4) is 0 Å². The van der Waals surface area contributed by atoms with Gasteiger partial charge in [0.15, 0.2) is 5.78 Å². The summed E-state index contributed by atoms with van der Waals surface area (Å²) >= 11 is 0. The second kappa shape index (κ2) is 4.95. The number of aryl methyl sites for hydroxylation is 1. The topological polar surface area (TPSA) is 34.9 Å². The maximum atomic E-state index is 12.3. The van der Waals surface area contributed by atoms with E-state index in [4.69, 9.17) is 0 Å². The van der Waals surface area contributed by atoms with Gasteiger partial charge < -0.3 is 0 Å². The van der Waals surface area contributed by atoms with Gasteiger partial charge in [0.2, 0.25) is 0 Å². The Morgan fingerprint density at radius 2 is 2.06 bits per heavy atom. The van der Waals surface area contributed by atoms with Crippen LogP contribution in [-0.4, -0.2) is 15.6 Å². The third kappa shape index (κ3) is 2.44. The minimum Gasteiger partial charge on any atom is -0.292 e. The van der Waals surface area contributed by atoms with Crippen LogP contribution in [0, 0.1) is 6.92 Å². The highest BCUT2D eigenvalue weighted by molar-refractivity contribution is 5.98. The zero-order chi connectivity index (χ0) is 12.3. The van der Waals surface area contributed by atoms with E-state index < -0.39 is 0 Å². The van der Waals surface area contributed by atoms with Gasteiger partial charge in [-0.05, 0) is 18.9 Å². The van der Waals surface area contributed by atoms with Crippen molar-refractivity contribution in [3.8, 4) is 0 Å². The average molecular weight is 228 g/mol. The molecule has 2 aromatic rings. The third-order valence-corrected chi connectivity index (χ3v) is 2.80. The molecule has 1 atom stereocenters. The Hall–Kier alpha value is -1.90. The summed E-state index contributed by atoms with van der Waals surface area (Å²) in [6.45, 7) is 3.98. The number of hydrogen-bond donors (Lipinski definition) is 0. The van der Waals surface area contributed by atoms with Crippen molar-refractivity contribution in [2.24, 2.45) is 0 Å². The first-order chi connectivity index (χ1) is 8.22. The van der Waals surface area contributed by atoms with Crippen LogP contribution in [0.2, 0.25) is 0 Å². The van der Waals surface area contributed by atoms with E-state index in [0.29, 0.717) is 0 Å². The SMILES string of the molecule is CCC(C(=O)c1ccccc1)n1cc(C)cn1. The van der Waals surface area contributed by atoms with Gasteiger partial charge in [-0.15, -0.1) is 0 Å². The van der Waals surface area contributed by atoms with Crippen molar-refractivity contribution in [2.45, 2.75) is 26.3 Å². The molecule has 1 aromatic carbocycles. The Balaban J connectivity index is 2.28. The molecule has 17 heavy (non-hydrogen) atoms. The van der Waals surface area contributed by atoms with E-state index >= 15 is 0 Å². The van der Waals surface area contributed by atoms with E-state index in [1.807, 2.05) is 50.4 Å². The zero-order valence-electron chi connectivity index (χ0n) is 10.1. The highest BCUT2D eigenvalue weighted by Crippen LogP contribution is 2.17. The number of aromatic nitrogens is 2. The Labute approximate surface area is 101 Å². The fraction of sp³-hybridized carbons (Fsp3) is 0.286. The lowest BCUT2D eigenvalue weighted by Crippen LogP contribution is -2.19. The van der Waals surface area contributed by atoms with Gasteiger partial charge in [-0.2, -0.15) is 5.10 Å². The molecule has 1 unspecified atom stereocenters. The maximum absolute atomic E-state index is 12.3. The van der Waals surface area contributed by atoms with Crippen LogP contribution in [0.15, 0.2) is 42.7 Å². The normalized spacial score (nSPS) is 12.4. The Morgan fingerprint density at radius 3 is 2.59 bits per heavy atom. The van der Waals surface area contributed by atoms with E-state index in [0.717, 1.165) is 17.5 Å². The summed E-state index contributed by atoms with van der Waals surface area (Å²) in [4.78, 5) is 12.3. The van der Waals surface area contributed by atoms with Crippen molar-refractivity contribution in [2.75, 3.05) is 0 Å². The van der Waals surface area contributed by atoms with Crippen molar-refractivity contribution in [3.05, 3.63) is 53.9 Å². The number of carbonyl (C=O) groups excluding carboxylic acids is 1. The van der Waals surface area contributed by atoms with Gasteiger partial charge in [-0.3, -0.25) is 9.48 Å². The molecule has 2 rings (SSSR count). The second-order valence-corrected chi connectivity index (χ2v) is 4.15. The molecule has 1 heterocycles. The summed E-state index contributed by atoms with van der Waals surface area (Å²) < 4.78 is 1.75. The fourth-order valence-electron chi connectivity index (χ4n) is 1.89. The quantitative estimate of drug-likeness (QED) is 0.754. The van der Waals surface area contributed by atoms with Crippen LogP contribution in [0.4, 0.5) is 0 Å². The zero-order valence-corrected chi connectivity index (χ0v) is 10.1. The van der Waals surface area contributed by atoms with Crippen LogP contribution in [0.25, 0.3) is 0 Å². The van der Waals surface area contributed by atoms with E-state index in [-0.39, 0.29) is 11.8 Å². The molecule has 0 saturated heterocycles. The first-order valence-electron chi connectivity index (χ1n) is 5.82. The lowest BCUT2D eigenvalue weighted by atomic mass is 10.0. The summed E-state index contributed by atoms with van der Waals surface area (Å²) in [5, 5.41) is 4.23. The molecular weight excluding hydrogens is 212 g/mol. The van der Waals surface area contributed by atoms with Crippen molar-refractivity contribution in [1.82, 2.24) is 9.78 Å². The molecular formula is C14H16N2O. The molecule has 0 radical (unpaired) electrons. The van der Waals surface area contributed by atoms with Crippen LogP contribution >= 0.6 is 0 Å². The van der Waals surface area contributed by atoms with E-state index in [2.05, 4.69) is 5.10 Å². The molecule has 88 valence electrons. The monoisotopic (exact) mass is 228 g/mol. The van der Waals surface area contributed by atoms with Gasteiger partial charge >= 0.3 is 0 Å². The van der Waals surface area contributed by atoms with Crippen molar-refractivity contribution in [3.63, 3.8) is 0 Å². The Kier molecular flexibility index (Phi) is 3.38. The largest absolute Gasteiger partial charge is 0.292 e.